The van der Waals surface area contributed by atoms with Crippen LogP contribution in [0.4, 0.5) is 4.39 Å². The third-order valence-corrected chi connectivity index (χ3v) is 4.69. The number of amides is 1. The summed E-state index contributed by atoms with van der Waals surface area (Å²) in [5, 5.41) is 0. The summed E-state index contributed by atoms with van der Waals surface area (Å²) in [6.45, 7) is 5.61. The molecule has 1 aromatic rings. The van der Waals surface area contributed by atoms with Crippen molar-refractivity contribution in [1.82, 2.24) is 4.90 Å². The molecule has 1 aliphatic rings. The fraction of sp³-hybridized carbons (Fsp3) is 0.611. The van der Waals surface area contributed by atoms with Crippen LogP contribution in [0.2, 0.25) is 0 Å². The normalized spacial score (nSPS) is 20.5. The van der Waals surface area contributed by atoms with Gasteiger partial charge in [-0.05, 0) is 56.2 Å². The second kappa shape index (κ2) is 9.24. The Bertz CT molecular complexity index is 510. The molecule has 1 saturated heterocycles. The van der Waals surface area contributed by atoms with E-state index >= 15 is 0 Å². The molecule has 0 aliphatic carbocycles. The summed E-state index contributed by atoms with van der Waals surface area (Å²) in [6, 6.07) is 6.75. The first-order valence-corrected chi connectivity index (χ1v) is 8.26. The maximum atomic E-state index is 13.2. The number of aryl methyl sites for hydroxylation is 1. The molecule has 1 amide bonds. The zero-order chi connectivity index (χ0) is 16.1. The van der Waals surface area contributed by atoms with E-state index < -0.39 is 0 Å². The van der Waals surface area contributed by atoms with Crippen molar-refractivity contribution >= 4 is 18.3 Å². The molecule has 2 N–H and O–H groups in total. The average Bonchev–Trinajstić information content (AvgIpc) is 2.52. The van der Waals surface area contributed by atoms with Crippen molar-refractivity contribution in [3.8, 4) is 0 Å². The summed E-state index contributed by atoms with van der Waals surface area (Å²) in [5.74, 6) is 0.372. The van der Waals surface area contributed by atoms with Gasteiger partial charge in [-0.25, -0.2) is 4.39 Å². The van der Waals surface area contributed by atoms with Crippen LogP contribution >= 0.6 is 12.4 Å². The lowest BCUT2D eigenvalue weighted by Crippen LogP contribution is -2.46. The summed E-state index contributed by atoms with van der Waals surface area (Å²) < 4.78 is 13.2. The Morgan fingerprint density at radius 2 is 2.17 bits per heavy atom. The van der Waals surface area contributed by atoms with Gasteiger partial charge >= 0.3 is 0 Å². The van der Waals surface area contributed by atoms with E-state index in [1.807, 2.05) is 24.8 Å². The van der Waals surface area contributed by atoms with E-state index in [0.717, 1.165) is 44.3 Å². The SMILES string of the molecule is CC(CCc1cccc(F)c1)C(=O)N1CCCC(C(C)N)C1.Cl. The zero-order valence-electron chi connectivity index (χ0n) is 14.0. The predicted molar refractivity (Wildman–Crippen MR) is 94.1 cm³/mol. The van der Waals surface area contributed by atoms with Crippen LogP contribution in [-0.4, -0.2) is 29.9 Å². The van der Waals surface area contributed by atoms with E-state index in [1.165, 1.54) is 6.07 Å². The van der Waals surface area contributed by atoms with E-state index in [-0.39, 0.29) is 36.1 Å². The smallest absolute Gasteiger partial charge is 0.225 e. The molecule has 2 rings (SSSR count). The van der Waals surface area contributed by atoms with Gasteiger partial charge in [0.15, 0.2) is 0 Å². The number of hydrogen-bond donors (Lipinski definition) is 1. The quantitative estimate of drug-likeness (QED) is 0.891. The maximum absolute atomic E-state index is 13.2. The number of halogens is 2. The first-order chi connectivity index (χ1) is 10.5. The van der Waals surface area contributed by atoms with Gasteiger partial charge in [0.2, 0.25) is 5.91 Å². The van der Waals surface area contributed by atoms with Crippen LogP contribution in [0.3, 0.4) is 0 Å². The van der Waals surface area contributed by atoms with Gasteiger partial charge in [0, 0.05) is 25.0 Å². The fourth-order valence-electron chi connectivity index (χ4n) is 3.15. The first-order valence-electron chi connectivity index (χ1n) is 8.26. The van der Waals surface area contributed by atoms with Crippen molar-refractivity contribution in [2.75, 3.05) is 13.1 Å². The van der Waals surface area contributed by atoms with Gasteiger partial charge in [0.1, 0.15) is 5.82 Å². The van der Waals surface area contributed by atoms with E-state index in [1.54, 1.807) is 12.1 Å². The third kappa shape index (κ3) is 5.78. The molecule has 1 fully saturated rings. The summed E-state index contributed by atoms with van der Waals surface area (Å²) in [4.78, 5) is 14.5. The number of likely N-dealkylation sites (tertiary alicyclic amines) is 1. The molecule has 3 unspecified atom stereocenters. The highest BCUT2D eigenvalue weighted by molar-refractivity contribution is 5.85. The molecule has 1 heterocycles. The third-order valence-electron chi connectivity index (χ3n) is 4.69. The molecule has 3 atom stereocenters. The van der Waals surface area contributed by atoms with Crippen molar-refractivity contribution in [3.63, 3.8) is 0 Å². The Morgan fingerprint density at radius 3 is 2.83 bits per heavy atom. The lowest BCUT2D eigenvalue weighted by atomic mass is 9.91. The Morgan fingerprint density at radius 1 is 1.43 bits per heavy atom. The van der Waals surface area contributed by atoms with Crippen molar-refractivity contribution in [3.05, 3.63) is 35.6 Å². The van der Waals surface area contributed by atoms with Crippen LogP contribution in [0.15, 0.2) is 24.3 Å². The standard InChI is InChI=1S/C18H27FN2O.ClH/c1-13(8-9-15-5-3-7-17(19)11-15)18(22)21-10-4-6-16(12-21)14(2)20;/h3,5,7,11,13-14,16H,4,6,8-10,12,20H2,1-2H3;1H. The molecule has 3 nitrogen and oxygen atoms in total. The van der Waals surface area contributed by atoms with Gasteiger partial charge in [-0.3, -0.25) is 4.79 Å². The van der Waals surface area contributed by atoms with E-state index in [0.29, 0.717) is 5.92 Å². The molecule has 0 aromatic heterocycles. The minimum absolute atomic E-state index is 0. The lowest BCUT2D eigenvalue weighted by Gasteiger charge is -2.36. The second-order valence-corrected chi connectivity index (χ2v) is 6.62. The number of rotatable bonds is 5. The van der Waals surface area contributed by atoms with Crippen LogP contribution < -0.4 is 5.73 Å². The molecule has 0 radical (unpaired) electrons. The van der Waals surface area contributed by atoms with Gasteiger partial charge in [-0.2, -0.15) is 0 Å². The number of nitrogens with zero attached hydrogens (tertiary/aromatic N) is 1. The molecule has 5 heteroatoms. The van der Waals surface area contributed by atoms with Crippen molar-refractivity contribution in [2.45, 2.75) is 45.6 Å². The summed E-state index contributed by atoms with van der Waals surface area (Å²) >= 11 is 0. The highest BCUT2D eigenvalue weighted by atomic mass is 35.5. The van der Waals surface area contributed by atoms with Crippen LogP contribution in [0, 0.1) is 17.7 Å². The molecule has 0 bridgehead atoms. The van der Waals surface area contributed by atoms with E-state index in [2.05, 4.69) is 0 Å². The Labute approximate surface area is 144 Å². The molecule has 0 spiro atoms. The number of hydrogen-bond acceptors (Lipinski definition) is 2. The number of piperidine rings is 1. The number of nitrogens with two attached hydrogens (primary N) is 1. The molecular formula is C18H28ClFN2O. The van der Waals surface area contributed by atoms with Gasteiger partial charge in [0.25, 0.3) is 0 Å². The minimum atomic E-state index is -0.215. The highest BCUT2D eigenvalue weighted by Crippen LogP contribution is 2.22. The number of carbonyl (C=O) groups is 1. The van der Waals surface area contributed by atoms with Gasteiger partial charge in [-0.1, -0.05) is 19.1 Å². The molecule has 0 saturated carbocycles. The van der Waals surface area contributed by atoms with E-state index in [9.17, 15) is 9.18 Å². The van der Waals surface area contributed by atoms with Crippen LogP contribution in [0.1, 0.15) is 38.7 Å². The monoisotopic (exact) mass is 342 g/mol. The number of carbonyl (C=O) groups excluding carboxylic acids is 1. The Hall–Kier alpha value is -1.13. The van der Waals surface area contributed by atoms with Crippen molar-refractivity contribution < 1.29 is 9.18 Å². The van der Waals surface area contributed by atoms with E-state index in [4.69, 9.17) is 5.73 Å². The summed E-state index contributed by atoms with van der Waals surface area (Å²) in [7, 11) is 0. The predicted octanol–water partition coefficient (Wildman–Crippen LogP) is 3.40. The number of benzene rings is 1. The fourth-order valence-corrected chi connectivity index (χ4v) is 3.15. The molecule has 1 aliphatic heterocycles. The summed E-state index contributed by atoms with van der Waals surface area (Å²) in [5.41, 5.74) is 6.93. The average molecular weight is 343 g/mol. The lowest BCUT2D eigenvalue weighted by molar-refractivity contribution is -0.137. The van der Waals surface area contributed by atoms with Crippen LogP contribution in [-0.2, 0) is 11.2 Å². The topological polar surface area (TPSA) is 46.3 Å². The highest BCUT2D eigenvalue weighted by Gasteiger charge is 2.28. The van der Waals surface area contributed by atoms with Gasteiger partial charge in [0.05, 0.1) is 0 Å². The Kier molecular flexibility index (Phi) is 8.00. The molecule has 1 aromatic carbocycles. The zero-order valence-corrected chi connectivity index (χ0v) is 14.8. The van der Waals surface area contributed by atoms with Crippen LogP contribution in [0.25, 0.3) is 0 Å². The maximum Gasteiger partial charge on any atom is 0.225 e. The van der Waals surface area contributed by atoms with Crippen molar-refractivity contribution in [1.29, 1.82) is 0 Å². The van der Waals surface area contributed by atoms with Gasteiger partial charge < -0.3 is 10.6 Å². The minimum Gasteiger partial charge on any atom is -0.342 e. The van der Waals surface area contributed by atoms with Gasteiger partial charge in [-0.15, -0.1) is 12.4 Å². The molecule has 130 valence electrons. The molecule has 23 heavy (non-hydrogen) atoms. The second-order valence-electron chi connectivity index (χ2n) is 6.62. The largest absolute Gasteiger partial charge is 0.342 e. The van der Waals surface area contributed by atoms with Crippen molar-refractivity contribution in [2.24, 2.45) is 17.6 Å². The molecular weight excluding hydrogens is 315 g/mol. The summed E-state index contributed by atoms with van der Waals surface area (Å²) in [6.07, 6.45) is 3.63. The Balaban J connectivity index is 0.00000264. The van der Waals surface area contributed by atoms with Crippen LogP contribution in [0.5, 0.6) is 0 Å². The first kappa shape index (κ1) is 19.9.